The van der Waals surface area contributed by atoms with Gasteiger partial charge in [0, 0.05) is 12.3 Å². The predicted octanol–water partition coefficient (Wildman–Crippen LogP) is 2.39. The molecule has 0 bridgehead atoms. The Hall–Kier alpha value is -2.63. The zero-order chi connectivity index (χ0) is 13.3. The van der Waals surface area contributed by atoms with Crippen LogP contribution in [-0.2, 0) is 0 Å². The standard InChI is InChI=1S/C12H10N2O4/c1-8-4-5-9(11(7-8)14(17)18)13-6-2-3-10(13)12(15)16/h2-7H,1H3,(H,15,16). The summed E-state index contributed by atoms with van der Waals surface area (Å²) >= 11 is 0. The summed E-state index contributed by atoms with van der Waals surface area (Å²) in [5.41, 5.74) is 0.859. The number of nitrogens with zero attached hydrogens (tertiary/aromatic N) is 2. The van der Waals surface area contributed by atoms with Crippen LogP contribution in [0.4, 0.5) is 5.69 Å². The van der Waals surface area contributed by atoms with Crippen molar-refractivity contribution in [1.82, 2.24) is 4.57 Å². The Morgan fingerprint density at radius 3 is 2.72 bits per heavy atom. The van der Waals surface area contributed by atoms with Gasteiger partial charge >= 0.3 is 5.97 Å². The van der Waals surface area contributed by atoms with Crippen LogP contribution in [-0.4, -0.2) is 20.6 Å². The van der Waals surface area contributed by atoms with E-state index >= 15 is 0 Å². The van der Waals surface area contributed by atoms with Crippen LogP contribution in [0.1, 0.15) is 16.1 Å². The van der Waals surface area contributed by atoms with Crippen LogP contribution in [0.5, 0.6) is 0 Å². The molecule has 1 heterocycles. The molecule has 18 heavy (non-hydrogen) atoms. The minimum absolute atomic E-state index is 0.0121. The van der Waals surface area contributed by atoms with Crippen molar-refractivity contribution in [2.24, 2.45) is 0 Å². The highest BCUT2D eigenvalue weighted by molar-refractivity contribution is 5.87. The summed E-state index contributed by atoms with van der Waals surface area (Å²) in [5, 5.41) is 20.0. The average Bonchev–Trinajstić information content (AvgIpc) is 2.77. The van der Waals surface area contributed by atoms with E-state index in [1.807, 2.05) is 0 Å². The second-order valence-corrected chi connectivity index (χ2v) is 3.82. The highest BCUT2D eigenvalue weighted by Crippen LogP contribution is 2.25. The van der Waals surface area contributed by atoms with E-state index < -0.39 is 10.9 Å². The molecule has 1 N–H and O–H groups in total. The van der Waals surface area contributed by atoms with Gasteiger partial charge in [0.15, 0.2) is 0 Å². The smallest absolute Gasteiger partial charge is 0.352 e. The molecule has 0 saturated heterocycles. The van der Waals surface area contributed by atoms with Gasteiger partial charge in [-0.05, 0) is 30.7 Å². The highest BCUT2D eigenvalue weighted by atomic mass is 16.6. The van der Waals surface area contributed by atoms with Gasteiger partial charge in [-0.2, -0.15) is 0 Å². The topological polar surface area (TPSA) is 85.4 Å². The van der Waals surface area contributed by atoms with Gasteiger partial charge in [0.05, 0.1) is 4.92 Å². The molecule has 0 aliphatic rings. The molecule has 2 aromatic rings. The predicted molar refractivity (Wildman–Crippen MR) is 64.1 cm³/mol. The Morgan fingerprint density at radius 2 is 2.11 bits per heavy atom. The SMILES string of the molecule is Cc1ccc(-n2cccc2C(=O)O)c([N+](=O)[O-])c1. The maximum atomic E-state index is 11.0. The van der Waals surface area contributed by atoms with E-state index in [2.05, 4.69) is 0 Å². The van der Waals surface area contributed by atoms with Crippen molar-refractivity contribution in [2.45, 2.75) is 6.92 Å². The van der Waals surface area contributed by atoms with Gasteiger partial charge in [-0.25, -0.2) is 4.79 Å². The number of nitro groups is 1. The van der Waals surface area contributed by atoms with Crippen molar-refractivity contribution in [3.05, 3.63) is 57.9 Å². The molecular weight excluding hydrogens is 236 g/mol. The van der Waals surface area contributed by atoms with Gasteiger partial charge in [-0.15, -0.1) is 0 Å². The Morgan fingerprint density at radius 1 is 1.39 bits per heavy atom. The number of aryl methyl sites for hydroxylation is 1. The van der Waals surface area contributed by atoms with Gasteiger partial charge < -0.3 is 9.67 Å². The van der Waals surface area contributed by atoms with E-state index in [1.165, 1.54) is 29.0 Å². The molecule has 0 aliphatic heterocycles. The van der Waals surface area contributed by atoms with Crippen LogP contribution in [0.15, 0.2) is 36.5 Å². The number of hydrogen-bond acceptors (Lipinski definition) is 3. The van der Waals surface area contributed by atoms with E-state index in [0.717, 1.165) is 5.56 Å². The third-order valence-corrected chi connectivity index (χ3v) is 2.56. The van der Waals surface area contributed by atoms with Crippen LogP contribution in [0, 0.1) is 17.0 Å². The van der Waals surface area contributed by atoms with Crippen molar-refractivity contribution in [3.63, 3.8) is 0 Å². The fourth-order valence-corrected chi connectivity index (χ4v) is 1.75. The first-order valence-electron chi connectivity index (χ1n) is 5.17. The van der Waals surface area contributed by atoms with Gasteiger partial charge in [0.25, 0.3) is 5.69 Å². The number of nitro benzene ring substituents is 1. The normalized spacial score (nSPS) is 10.3. The van der Waals surface area contributed by atoms with Crippen molar-refractivity contribution in [1.29, 1.82) is 0 Å². The third-order valence-electron chi connectivity index (χ3n) is 2.56. The molecule has 1 aromatic carbocycles. The fourth-order valence-electron chi connectivity index (χ4n) is 1.75. The van der Waals surface area contributed by atoms with Crippen molar-refractivity contribution in [3.8, 4) is 5.69 Å². The van der Waals surface area contributed by atoms with Gasteiger partial charge in [-0.3, -0.25) is 10.1 Å². The molecule has 6 nitrogen and oxygen atoms in total. The van der Waals surface area contributed by atoms with Crippen molar-refractivity contribution >= 4 is 11.7 Å². The number of hydrogen-bond donors (Lipinski definition) is 1. The van der Waals surface area contributed by atoms with E-state index in [-0.39, 0.29) is 17.1 Å². The Labute approximate surface area is 102 Å². The third kappa shape index (κ3) is 1.95. The monoisotopic (exact) mass is 246 g/mol. The quantitative estimate of drug-likeness (QED) is 0.665. The number of aromatic carboxylic acids is 1. The summed E-state index contributed by atoms with van der Waals surface area (Å²) in [6, 6.07) is 7.59. The second-order valence-electron chi connectivity index (χ2n) is 3.82. The van der Waals surface area contributed by atoms with Crippen LogP contribution < -0.4 is 0 Å². The molecular formula is C12H10N2O4. The minimum Gasteiger partial charge on any atom is -0.477 e. The van der Waals surface area contributed by atoms with E-state index in [0.29, 0.717) is 0 Å². The zero-order valence-corrected chi connectivity index (χ0v) is 9.53. The summed E-state index contributed by atoms with van der Waals surface area (Å²) in [6.45, 7) is 1.74. The zero-order valence-electron chi connectivity index (χ0n) is 9.53. The average molecular weight is 246 g/mol. The van der Waals surface area contributed by atoms with Gasteiger partial charge in [-0.1, -0.05) is 6.07 Å². The summed E-state index contributed by atoms with van der Waals surface area (Å²) in [6.07, 6.45) is 1.49. The van der Waals surface area contributed by atoms with Crippen molar-refractivity contribution in [2.75, 3.05) is 0 Å². The summed E-state index contributed by atoms with van der Waals surface area (Å²) < 4.78 is 1.29. The lowest BCUT2D eigenvalue weighted by molar-refractivity contribution is -0.384. The van der Waals surface area contributed by atoms with Crippen molar-refractivity contribution < 1.29 is 14.8 Å². The first-order chi connectivity index (χ1) is 8.50. The largest absolute Gasteiger partial charge is 0.477 e. The summed E-state index contributed by atoms with van der Waals surface area (Å²) in [7, 11) is 0. The number of benzene rings is 1. The first-order valence-corrected chi connectivity index (χ1v) is 5.17. The number of rotatable bonds is 3. The number of carboxylic acid groups (broad SMARTS) is 1. The van der Waals surface area contributed by atoms with Crippen LogP contribution in [0.3, 0.4) is 0 Å². The van der Waals surface area contributed by atoms with Gasteiger partial charge in [0.1, 0.15) is 11.4 Å². The number of carboxylic acids is 1. The lowest BCUT2D eigenvalue weighted by Gasteiger charge is -2.07. The molecule has 0 fully saturated rings. The van der Waals surface area contributed by atoms with E-state index in [9.17, 15) is 14.9 Å². The first kappa shape index (κ1) is 11.8. The maximum Gasteiger partial charge on any atom is 0.352 e. The summed E-state index contributed by atoms with van der Waals surface area (Å²) in [4.78, 5) is 21.5. The van der Waals surface area contributed by atoms with E-state index in [4.69, 9.17) is 5.11 Å². The number of aromatic nitrogens is 1. The molecule has 0 spiro atoms. The summed E-state index contributed by atoms with van der Waals surface area (Å²) in [5.74, 6) is -1.13. The molecule has 0 radical (unpaired) electrons. The van der Waals surface area contributed by atoms with Crippen LogP contribution >= 0.6 is 0 Å². The molecule has 0 unspecified atom stereocenters. The lowest BCUT2D eigenvalue weighted by atomic mass is 10.2. The molecule has 0 saturated carbocycles. The molecule has 2 rings (SSSR count). The molecule has 6 heteroatoms. The Bertz CT molecular complexity index is 631. The second kappa shape index (κ2) is 4.33. The molecule has 92 valence electrons. The Kier molecular flexibility index (Phi) is 2.85. The Balaban J connectivity index is 2.67. The molecule has 0 atom stereocenters. The van der Waals surface area contributed by atoms with Gasteiger partial charge in [0.2, 0.25) is 0 Å². The maximum absolute atomic E-state index is 11.0. The van der Waals surface area contributed by atoms with Crippen LogP contribution in [0.25, 0.3) is 5.69 Å². The van der Waals surface area contributed by atoms with Crippen LogP contribution in [0.2, 0.25) is 0 Å². The molecule has 0 amide bonds. The minimum atomic E-state index is -1.13. The molecule has 1 aromatic heterocycles. The fraction of sp³-hybridized carbons (Fsp3) is 0.0833. The molecule has 0 aliphatic carbocycles. The van der Waals surface area contributed by atoms with E-state index in [1.54, 1.807) is 19.1 Å². The highest BCUT2D eigenvalue weighted by Gasteiger charge is 2.19. The number of carbonyl (C=O) groups is 1. The lowest BCUT2D eigenvalue weighted by Crippen LogP contribution is -2.07.